The number of nitrogens with zero attached hydrogens (tertiary/aromatic N) is 1. The van der Waals surface area contributed by atoms with E-state index in [1.165, 1.54) is 12.1 Å². The van der Waals surface area contributed by atoms with Crippen molar-refractivity contribution >= 4 is 5.91 Å². The highest BCUT2D eigenvalue weighted by Crippen LogP contribution is 2.38. The summed E-state index contributed by atoms with van der Waals surface area (Å²) in [6, 6.07) is 10.7. The minimum atomic E-state index is -0.594. The molecule has 0 saturated carbocycles. The van der Waals surface area contributed by atoms with Gasteiger partial charge in [-0.25, -0.2) is 4.39 Å². The molecule has 3 rings (SSSR count). The molecule has 0 bridgehead atoms. The van der Waals surface area contributed by atoms with Gasteiger partial charge in [-0.2, -0.15) is 0 Å². The number of likely N-dealkylation sites (tertiary alicyclic amines) is 1. The van der Waals surface area contributed by atoms with E-state index in [1.54, 1.807) is 37.3 Å². The Morgan fingerprint density at radius 2 is 1.75 bits per heavy atom. The highest BCUT2D eigenvalue weighted by Gasteiger charge is 2.45. The first-order chi connectivity index (χ1) is 11.5. The molecule has 6 heteroatoms. The second kappa shape index (κ2) is 6.49. The molecule has 0 aromatic heterocycles. The van der Waals surface area contributed by atoms with Gasteiger partial charge in [0.25, 0.3) is 0 Å². The van der Waals surface area contributed by atoms with Crippen LogP contribution in [0.15, 0.2) is 42.5 Å². The third-order valence-electron chi connectivity index (χ3n) is 4.26. The number of hydrogen-bond acceptors (Lipinski definition) is 4. The summed E-state index contributed by atoms with van der Waals surface area (Å²) in [5.74, 6) is 0.773. The maximum atomic E-state index is 13.0. The highest BCUT2D eigenvalue weighted by atomic mass is 19.1. The Balaban J connectivity index is 1.85. The molecule has 5 nitrogen and oxygen atoms in total. The molecule has 2 atom stereocenters. The molecule has 1 heterocycles. The average molecular weight is 330 g/mol. The van der Waals surface area contributed by atoms with Crippen LogP contribution in [0.4, 0.5) is 4.39 Å². The lowest BCUT2D eigenvalue weighted by molar-refractivity contribution is -0.150. The molecular weight excluding hydrogens is 311 g/mol. The first kappa shape index (κ1) is 16.3. The van der Waals surface area contributed by atoms with Crippen LogP contribution in [0.25, 0.3) is 0 Å². The molecule has 0 radical (unpaired) electrons. The van der Waals surface area contributed by atoms with Crippen LogP contribution >= 0.6 is 0 Å². The van der Waals surface area contributed by atoms with Crippen LogP contribution < -0.4 is 15.2 Å². The first-order valence-electron chi connectivity index (χ1n) is 7.57. The van der Waals surface area contributed by atoms with E-state index in [4.69, 9.17) is 15.2 Å². The fourth-order valence-electron chi connectivity index (χ4n) is 2.96. The van der Waals surface area contributed by atoms with Crippen LogP contribution in [0.1, 0.15) is 17.2 Å². The van der Waals surface area contributed by atoms with Gasteiger partial charge in [0, 0.05) is 6.54 Å². The number of carbonyl (C=O) groups excluding carboxylic acids is 1. The van der Waals surface area contributed by atoms with Gasteiger partial charge in [-0.1, -0.05) is 18.2 Å². The van der Waals surface area contributed by atoms with Crippen molar-refractivity contribution in [2.24, 2.45) is 5.73 Å². The molecule has 1 saturated heterocycles. The highest BCUT2D eigenvalue weighted by molar-refractivity contribution is 5.89. The monoisotopic (exact) mass is 330 g/mol. The number of ether oxygens (including phenoxy) is 2. The molecule has 1 amide bonds. The lowest BCUT2D eigenvalue weighted by Gasteiger charge is -2.46. The van der Waals surface area contributed by atoms with Crippen molar-refractivity contribution in [3.8, 4) is 11.5 Å². The summed E-state index contributed by atoms with van der Waals surface area (Å²) in [5, 5.41) is 0. The number of hydrogen-bond donors (Lipinski definition) is 1. The molecule has 2 unspecified atom stereocenters. The van der Waals surface area contributed by atoms with Gasteiger partial charge in [-0.15, -0.1) is 0 Å². The lowest BCUT2D eigenvalue weighted by atomic mass is 9.88. The third-order valence-corrected chi connectivity index (χ3v) is 4.26. The summed E-state index contributed by atoms with van der Waals surface area (Å²) in [4.78, 5) is 13.8. The molecule has 0 aliphatic carbocycles. The van der Waals surface area contributed by atoms with Crippen molar-refractivity contribution in [1.29, 1.82) is 0 Å². The Morgan fingerprint density at radius 1 is 1.08 bits per heavy atom. The molecule has 2 aromatic carbocycles. The minimum Gasteiger partial charge on any atom is -0.493 e. The van der Waals surface area contributed by atoms with Crippen molar-refractivity contribution in [2.45, 2.75) is 18.6 Å². The molecule has 0 spiro atoms. The van der Waals surface area contributed by atoms with Gasteiger partial charge in [-0.05, 0) is 35.4 Å². The van der Waals surface area contributed by atoms with Crippen LogP contribution in [0.5, 0.6) is 11.5 Å². The van der Waals surface area contributed by atoms with Crippen molar-refractivity contribution < 1.29 is 18.7 Å². The Kier molecular flexibility index (Phi) is 4.40. The number of rotatable bonds is 5. The predicted molar refractivity (Wildman–Crippen MR) is 87.2 cm³/mol. The van der Waals surface area contributed by atoms with Gasteiger partial charge >= 0.3 is 0 Å². The quantitative estimate of drug-likeness (QED) is 0.854. The summed E-state index contributed by atoms with van der Waals surface area (Å²) < 4.78 is 23.6. The van der Waals surface area contributed by atoms with E-state index in [0.717, 1.165) is 11.1 Å². The van der Waals surface area contributed by atoms with Crippen molar-refractivity contribution in [3.63, 3.8) is 0 Å². The predicted octanol–water partition coefficient (Wildman–Crippen LogP) is 2.25. The normalized spacial score (nSPS) is 19.8. The Hall–Kier alpha value is -2.60. The summed E-state index contributed by atoms with van der Waals surface area (Å²) in [6.45, 7) is 0.381. The number of carbonyl (C=O) groups is 1. The zero-order valence-electron chi connectivity index (χ0n) is 13.5. The van der Waals surface area contributed by atoms with Gasteiger partial charge in [0.1, 0.15) is 11.9 Å². The molecule has 24 heavy (non-hydrogen) atoms. The van der Waals surface area contributed by atoms with Gasteiger partial charge in [0.2, 0.25) is 5.91 Å². The third kappa shape index (κ3) is 2.80. The number of methoxy groups -OCH3 is 2. The zero-order chi connectivity index (χ0) is 17.3. The smallest absolute Gasteiger partial charge is 0.242 e. The maximum absolute atomic E-state index is 13.0. The van der Waals surface area contributed by atoms with Gasteiger partial charge < -0.3 is 20.1 Å². The van der Waals surface area contributed by atoms with Gasteiger partial charge in [0.15, 0.2) is 11.5 Å². The van der Waals surface area contributed by atoms with Crippen LogP contribution in [0, 0.1) is 5.82 Å². The topological polar surface area (TPSA) is 64.8 Å². The SMILES string of the molecule is COc1ccc(C2C(N)C(=O)N2Cc2ccc(F)cc2)cc1OC. The molecule has 2 N–H and O–H groups in total. The molecule has 1 aliphatic rings. The number of benzene rings is 2. The summed E-state index contributed by atoms with van der Waals surface area (Å²) in [5.41, 5.74) is 7.73. The Morgan fingerprint density at radius 3 is 2.38 bits per heavy atom. The van der Waals surface area contributed by atoms with Crippen molar-refractivity contribution in [1.82, 2.24) is 4.90 Å². The minimum absolute atomic E-state index is 0.126. The van der Waals surface area contributed by atoms with E-state index < -0.39 is 6.04 Å². The molecule has 126 valence electrons. The van der Waals surface area contributed by atoms with E-state index in [2.05, 4.69) is 0 Å². The maximum Gasteiger partial charge on any atom is 0.242 e. The zero-order valence-corrected chi connectivity index (χ0v) is 13.5. The summed E-state index contributed by atoms with van der Waals surface area (Å²) in [6.07, 6.45) is 0. The Bertz CT molecular complexity index is 748. The fourth-order valence-corrected chi connectivity index (χ4v) is 2.96. The summed E-state index contributed by atoms with van der Waals surface area (Å²) >= 11 is 0. The van der Waals surface area contributed by atoms with Crippen LogP contribution in [0.2, 0.25) is 0 Å². The van der Waals surface area contributed by atoms with Crippen LogP contribution in [-0.2, 0) is 11.3 Å². The van der Waals surface area contributed by atoms with E-state index in [1.807, 2.05) is 12.1 Å². The molecular formula is C18H19FN2O3. The fraction of sp³-hybridized carbons (Fsp3) is 0.278. The lowest BCUT2D eigenvalue weighted by Crippen LogP contribution is -2.62. The standard InChI is InChI=1S/C18H19FN2O3/c1-23-14-8-5-12(9-15(14)24-2)17-16(20)18(22)21(17)10-11-3-6-13(19)7-4-11/h3-9,16-17H,10,20H2,1-2H3. The largest absolute Gasteiger partial charge is 0.493 e. The van der Waals surface area contributed by atoms with Crippen LogP contribution in [0.3, 0.4) is 0 Å². The number of β-lactam (4-membered cyclic amide) rings is 1. The van der Waals surface area contributed by atoms with Crippen molar-refractivity contribution in [2.75, 3.05) is 14.2 Å². The van der Waals surface area contributed by atoms with E-state index >= 15 is 0 Å². The van der Waals surface area contributed by atoms with Crippen molar-refractivity contribution in [3.05, 3.63) is 59.4 Å². The van der Waals surface area contributed by atoms with E-state index in [-0.39, 0.29) is 17.8 Å². The number of halogens is 1. The number of nitrogens with two attached hydrogens (primary N) is 1. The molecule has 1 fully saturated rings. The first-order valence-corrected chi connectivity index (χ1v) is 7.57. The van der Waals surface area contributed by atoms with Crippen LogP contribution in [-0.4, -0.2) is 31.1 Å². The van der Waals surface area contributed by atoms with E-state index in [9.17, 15) is 9.18 Å². The summed E-state index contributed by atoms with van der Waals surface area (Å²) in [7, 11) is 3.13. The second-order valence-electron chi connectivity index (χ2n) is 5.68. The average Bonchev–Trinajstić information content (AvgIpc) is 2.62. The molecule has 2 aromatic rings. The molecule has 1 aliphatic heterocycles. The Labute approximate surface area is 139 Å². The van der Waals surface area contributed by atoms with E-state index in [0.29, 0.717) is 18.0 Å². The van der Waals surface area contributed by atoms with Gasteiger partial charge in [-0.3, -0.25) is 4.79 Å². The number of amides is 1. The van der Waals surface area contributed by atoms with Gasteiger partial charge in [0.05, 0.1) is 20.3 Å². The second-order valence-corrected chi connectivity index (χ2v) is 5.68.